The first-order valence-corrected chi connectivity index (χ1v) is 9.47. The van der Waals surface area contributed by atoms with E-state index in [2.05, 4.69) is 15.1 Å². The Morgan fingerprint density at radius 3 is 2.52 bits per heavy atom. The third-order valence-electron chi connectivity index (χ3n) is 4.68. The first-order chi connectivity index (χ1) is 11.1. The van der Waals surface area contributed by atoms with E-state index in [0.717, 1.165) is 31.4 Å². The lowest BCUT2D eigenvalue weighted by Gasteiger charge is -2.29. The number of aromatic nitrogens is 2. The Bertz CT molecular complexity index is 775. The van der Waals surface area contributed by atoms with Crippen molar-refractivity contribution in [3.05, 3.63) is 42.7 Å². The maximum atomic E-state index is 12.6. The molecule has 2 aromatic rings. The summed E-state index contributed by atoms with van der Waals surface area (Å²) in [6.07, 6.45) is 6.99. The highest BCUT2D eigenvalue weighted by atomic mass is 32.2. The second-order valence-electron chi connectivity index (χ2n) is 6.38. The topological polar surface area (TPSA) is 76.0 Å². The van der Waals surface area contributed by atoms with Crippen molar-refractivity contribution < 1.29 is 8.42 Å². The van der Waals surface area contributed by atoms with Gasteiger partial charge in [-0.3, -0.25) is 0 Å². The number of hydrogen-bond acceptors (Lipinski definition) is 4. The molecule has 1 aromatic heterocycles. The lowest BCUT2D eigenvalue weighted by Crippen LogP contribution is -2.47. The van der Waals surface area contributed by atoms with Gasteiger partial charge in [0.25, 0.3) is 0 Å². The SMILES string of the molecule is O=S(=O)(NC1CC2CCC(C1)N2)c1cnn(-c2ccccc2)c1. The smallest absolute Gasteiger partial charge is 0.243 e. The molecule has 4 rings (SSSR count). The van der Waals surface area contributed by atoms with Crippen LogP contribution < -0.4 is 10.0 Å². The maximum absolute atomic E-state index is 12.6. The molecule has 1 aromatic carbocycles. The van der Waals surface area contributed by atoms with Gasteiger partial charge in [-0.1, -0.05) is 18.2 Å². The zero-order valence-electron chi connectivity index (χ0n) is 12.7. The predicted molar refractivity (Wildman–Crippen MR) is 86.9 cm³/mol. The minimum absolute atomic E-state index is 0.0128. The fraction of sp³-hybridized carbons (Fsp3) is 0.438. The van der Waals surface area contributed by atoms with Gasteiger partial charge in [-0.15, -0.1) is 0 Å². The Hall–Kier alpha value is -1.70. The van der Waals surface area contributed by atoms with Gasteiger partial charge in [0.15, 0.2) is 0 Å². The van der Waals surface area contributed by atoms with Crippen LogP contribution in [0.4, 0.5) is 0 Å². The molecule has 0 aliphatic carbocycles. The molecule has 6 nitrogen and oxygen atoms in total. The quantitative estimate of drug-likeness (QED) is 0.888. The number of fused-ring (bicyclic) bond motifs is 2. The van der Waals surface area contributed by atoms with Crippen molar-refractivity contribution in [3.8, 4) is 5.69 Å². The number of piperidine rings is 1. The van der Waals surface area contributed by atoms with Gasteiger partial charge >= 0.3 is 0 Å². The number of hydrogen-bond donors (Lipinski definition) is 2. The first kappa shape index (κ1) is 14.9. The van der Waals surface area contributed by atoms with Crippen molar-refractivity contribution in [2.45, 2.75) is 48.7 Å². The van der Waals surface area contributed by atoms with Gasteiger partial charge in [0.2, 0.25) is 10.0 Å². The number of rotatable bonds is 4. The molecule has 2 N–H and O–H groups in total. The number of nitrogens with zero attached hydrogens (tertiary/aromatic N) is 2. The van der Waals surface area contributed by atoms with Gasteiger partial charge in [0.05, 0.1) is 18.1 Å². The molecule has 2 saturated heterocycles. The van der Waals surface area contributed by atoms with E-state index >= 15 is 0 Å². The maximum Gasteiger partial charge on any atom is 0.243 e. The molecule has 7 heteroatoms. The molecule has 3 heterocycles. The molecule has 2 atom stereocenters. The molecule has 2 aliphatic heterocycles. The Balaban J connectivity index is 1.52. The minimum atomic E-state index is -3.53. The van der Waals surface area contributed by atoms with Gasteiger partial charge in [-0.25, -0.2) is 17.8 Å². The van der Waals surface area contributed by atoms with Gasteiger partial charge in [-0.05, 0) is 37.8 Å². The zero-order valence-corrected chi connectivity index (χ0v) is 13.5. The average Bonchev–Trinajstić information content (AvgIpc) is 3.15. The molecule has 2 fully saturated rings. The Kier molecular flexibility index (Phi) is 3.71. The molecule has 0 saturated carbocycles. The van der Waals surface area contributed by atoms with Crippen LogP contribution in [0.1, 0.15) is 25.7 Å². The summed E-state index contributed by atoms with van der Waals surface area (Å²) < 4.78 is 29.6. The van der Waals surface area contributed by atoms with Crippen LogP contribution in [0.15, 0.2) is 47.6 Å². The number of sulfonamides is 1. The van der Waals surface area contributed by atoms with Crippen LogP contribution in [0.5, 0.6) is 0 Å². The summed E-state index contributed by atoms with van der Waals surface area (Å²) in [7, 11) is -3.53. The number of benzene rings is 1. The van der Waals surface area contributed by atoms with Gasteiger partial charge in [0, 0.05) is 18.1 Å². The third kappa shape index (κ3) is 3.04. The van der Waals surface area contributed by atoms with E-state index in [-0.39, 0.29) is 10.9 Å². The summed E-state index contributed by atoms with van der Waals surface area (Å²) in [6.45, 7) is 0. The van der Waals surface area contributed by atoms with E-state index < -0.39 is 10.0 Å². The highest BCUT2D eigenvalue weighted by Crippen LogP contribution is 2.27. The van der Waals surface area contributed by atoms with Crippen molar-refractivity contribution in [3.63, 3.8) is 0 Å². The number of nitrogens with one attached hydrogen (secondary N) is 2. The van der Waals surface area contributed by atoms with Crippen molar-refractivity contribution >= 4 is 10.0 Å². The van der Waals surface area contributed by atoms with E-state index in [1.54, 1.807) is 10.9 Å². The van der Waals surface area contributed by atoms with Gasteiger partial charge in [-0.2, -0.15) is 5.10 Å². The van der Waals surface area contributed by atoms with Crippen molar-refractivity contribution in [1.29, 1.82) is 0 Å². The summed E-state index contributed by atoms with van der Waals surface area (Å²) in [4.78, 5) is 0.215. The molecule has 0 amide bonds. The molecule has 0 radical (unpaired) electrons. The van der Waals surface area contributed by atoms with Crippen LogP contribution in [-0.2, 0) is 10.0 Å². The molecular weight excluding hydrogens is 312 g/mol. The standard InChI is InChI=1S/C16H20N4O2S/c21-23(22,19-14-8-12-6-7-13(9-14)18-12)16-10-17-20(11-16)15-4-2-1-3-5-15/h1-5,10-14,18-19H,6-9H2. The van der Waals surface area contributed by atoms with Crippen LogP contribution in [0.3, 0.4) is 0 Å². The summed E-state index contributed by atoms with van der Waals surface area (Å²) in [5, 5.41) is 7.69. The summed E-state index contributed by atoms with van der Waals surface area (Å²) in [6, 6.07) is 10.4. The largest absolute Gasteiger partial charge is 0.311 e. The van der Waals surface area contributed by atoms with E-state index in [4.69, 9.17) is 0 Å². The molecule has 23 heavy (non-hydrogen) atoms. The monoisotopic (exact) mass is 332 g/mol. The first-order valence-electron chi connectivity index (χ1n) is 7.99. The fourth-order valence-electron chi connectivity index (χ4n) is 3.61. The average molecular weight is 332 g/mol. The molecule has 2 aliphatic rings. The van der Waals surface area contributed by atoms with Crippen molar-refractivity contribution in [1.82, 2.24) is 19.8 Å². The minimum Gasteiger partial charge on any atom is -0.311 e. The van der Waals surface area contributed by atoms with Crippen molar-refractivity contribution in [2.75, 3.05) is 0 Å². The Labute approximate surface area is 135 Å². The van der Waals surface area contributed by atoms with Crippen LogP contribution in [-0.4, -0.2) is 36.3 Å². The lowest BCUT2D eigenvalue weighted by atomic mass is 10.0. The fourth-order valence-corrected chi connectivity index (χ4v) is 4.80. The second kappa shape index (κ2) is 5.74. The molecular formula is C16H20N4O2S. The second-order valence-corrected chi connectivity index (χ2v) is 8.10. The van der Waals surface area contributed by atoms with Crippen LogP contribution in [0.2, 0.25) is 0 Å². The van der Waals surface area contributed by atoms with E-state index in [0.29, 0.717) is 12.1 Å². The molecule has 2 bridgehead atoms. The number of para-hydroxylation sites is 1. The summed E-state index contributed by atoms with van der Waals surface area (Å²) >= 11 is 0. The third-order valence-corrected chi connectivity index (χ3v) is 6.16. The van der Waals surface area contributed by atoms with E-state index in [9.17, 15) is 8.42 Å². The molecule has 0 spiro atoms. The van der Waals surface area contributed by atoms with Crippen LogP contribution in [0.25, 0.3) is 5.69 Å². The van der Waals surface area contributed by atoms with Crippen LogP contribution >= 0.6 is 0 Å². The van der Waals surface area contributed by atoms with Gasteiger partial charge < -0.3 is 5.32 Å². The van der Waals surface area contributed by atoms with E-state index in [1.165, 1.54) is 6.20 Å². The molecule has 2 unspecified atom stereocenters. The molecule has 122 valence electrons. The predicted octanol–water partition coefficient (Wildman–Crippen LogP) is 1.43. The summed E-state index contributed by atoms with van der Waals surface area (Å²) in [5.41, 5.74) is 0.842. The Morgan fingerprint density at radius 1 is 1.13 bits per heavy atom. The van der Waals surface area contributed by atoms with Crippen LogP contribution in [0, 0.1) is 0 Å². The van der Waals surface area contributed by atoms with E-state index in [1.807, 2.05) is 30.3 Å². The Morgan fingerprint density at radius 2 is 1.83 bits per heavy atom. The zero-order chi connectivity index (χ0) is 15.9. The highest BCUT2D eigenvalue weighted by Gasteiger charge is 2.35. The highest BCUT2D eigenvalue weighted by molar-refractivity contribution is 7.89. The lowest BCUT2D eigenvalue weighted by molar-refractivity contribution is 0.345. The normalized spacial score (nSPS) is 27.2. The van der Waals surface area contributed by atoms with Gasteiger partial charge in [0.1, 0.15) is 4.90 Å². The van der Waals surface area contributed by atoms with Crippen molar-refractivity contribution in [2.24, 2.45) is 0 Å². The summed E-state index contributed by atoms with van der Waals surface area (Å²) in [5.74, 6) is 0.